The highest BCUT2D eigenvalue weighted by molar-refractivity contribution is 5.35. The van der Waals surface area contributed by atoms with Crippen LogP contribution in [0.4, 0.5) is 13.2 Å². The zero-order valence-corrected chi connectivity index (χ0v) is 15.2. The minimum absolute atomic E-state index is 0.143. The van der Waals surface area contributed by atoms with Gasteiger partial charge in [-0.25, -0.2) is 0 Å². The number of rotatable bonds is 5. The summed E-state index contributed by atoms with van der Waals surface area (Å²) in [5, 5.41) is 10.3. The largest absolute Gasteiger partial charge is 0.492 e. The zero-order chi connectivity index (χ0) is 19.1. The van der Waals surface area contributed by atoms with Gasteiger partial charge < -0.3 is 9.84 Å². The van der Waals surface area contributed by atoms with Gasteiger partial charge in [0.2, 0.25) is 0 Å². The maximum Gasteiger partial charge on any atom is 0.419 e. The number of ether oxygens (including phenoxy) is 1. The van der Waals surface area contributed by atoms with Gasteiger partial charge in [0.05, 0.1) is 11.2 Å². The summed E-state index contributed by atoms with van der Waals surface area (Å²) in [6.45, 7) is 11.7. The van der Waals surface area contributed by atoms with Crippen molar-refractivity contribution in [2.75, 3.05) is 26.2 Å². The van der Waals surface area contributed by atoms with Crippen LogP contribution in [-0.2, 0) is 6.18 Å². The molecule has 1 N–H and O–H groups in total. The Morgan fingerprint density at radius 3 is 2.32 bits per heavy atom. The third kappa shape index (κ3) is 6.04. The second-order valence-corrected chi connectivity index (χ2v) is 6.00. The van der Waals surface area contributed by atoms with Crippen molar-refractivity contribution < 1.29 is 23.0 Å². The summed E-state index contributed by atoms with van der Waals surface area (Å²) in [7, 11) is 0. The summed E-state index contributed by atoms with van der Waals surface area (Å²) in [5.74, 6) is -0.143. The molecule has 1 aromatic carbocycles. The lowest BCUT2D eigenvalue weighted by Gasteiger charge is -2.38. The standard InChI is InChI=1S/C17H22F3NO2.C2H6/c1-13(2)16(22)7-9-21(10-8-16)11-12-23-15-6-4-3-5-14(15)17(18,19)20;1-2/h3-6,22H,1,7-12H2,2H3;1-2H3. The van der Waals surface area contributed by atoms with E-state index in [1.54, 1.807) is 0 Å². The molecule has 1 fully saturated rings. The third-order valence-corrected chi connectivity index (χ3v) is 4.34. The molecule has 1 aliphatic rings. The van der Waals surface area contributed by atoms with Crippen LogP contribution in [0.2, 0.25) is 0 Å². The van der Waals surface area contributed by atoms with E-state index in [9.17, 15) is 18.3 Å². The summed E-state index contributed by atoms with van der Waals surface area (Å²) in [6, 6.07) is 5.22. The fourth-order valence-electron chi connectivity index (χ4n) is 2.68. The van der Waals surface area contributed by atoms with Crippen LogP contribution >= 0.6 is 0 Å². The van der Waals surface area contributed by atoms with Gasteiger partial charge in [0.15, 0.2) is 0 Å². The minimum Gasteiger partial charge on any atom is -0.492 e. The van der Waals surface area contributed by atoms with E-state index in [1.165, 1.54) is 18.2 Å². The maximum absolute atomic E-state index is 12.9. The lowest BCUT2D eigenvalue weighted by molar-refractivity contribution is -0.139. The Hall–Kier alpha value is -1.53. The molecular formula is C19H28F3NO2. The van der Waals surface area contributed by atoms with Crippen LogP contribution in [0.5, 0.6) is 5.75 Å². The highest BCUT2D eigenvalue weighted by atomic mass is 19.4. The molecule has 2 rings (SSSR count). The predicted octanol–water partition coefficient (Wildman–Crippen LogP) is 4.51. The van der Waals surface area contributed by atoms with Gasteiger partial charge in [-0.1, -0.05) is 32.6 Å². The lowest BCUT2D eigenvalue weighted by Crippen LogP contribution is -2.46. The molecule has 0 aromatic heterocycles. The number of halogens is 3. The van der Waals surface area contributed by atoms with E-state index in [0.717, 1.165) is 11.6 Å². The number of likely N-dealkylation sites (tertiary alicyclic amines) is 1. The molecule has 0 saturated carbocycles. The SMILES string of the molecule is C=C(C)C1(O)CCN(CCOc2ccccc2C(F)(F)F)CC1.CC. The molecule has 25 heavy (non-hydrogen) atoms. The molecule has 1 aromatic rings. The van der Waals surface area contributed by atoms with Crippen LogP contribution in [0.25, 0.3) is 0 Å². The van der Waals surface area contributed by atoms with Crippen LogP contribution in [-0.4, -0.2) is 41.8 Å². The average molecular weight is 359 g/mol. The topological polar surface area (TPSA) is 32.7 Å². The Bertz CT molecular complexity index is 550. The summed E-state index contributed by atoms with van der Waals surface area (Å²) < 4.78 is 43.9. The van der Waals surface area contributed by atoms with Crippen molar-refractivity contribution in [3.05, 3.63) is 42.0 Å². The van der Waals surface area contributed by atoms with E-state index in [1.807, 2.05) is 20.8 Å². The van der Waals surface area contributed by atoms with Crippen LogP contribution in [0.15, 0.2) is 36.4 Å². The molecule has 0 spiro atoms. The number of hydrogen-bond donors (Lipinski definition) is 1. The molecule has 0 atom stereocenters. The minimum atomic E-state index is -4.42. The van der Waals surface area contributed by atoms with Crippen molar-refractivity contribution in [2.24, 2.45) is 0 Å². The first-order valence-corrected chi connectivity index (χ1v) is 8.62. The Balaban J connectivity index is 0.00000151. The number of nitrogens with zero attached hydrogens (tertiary/aromatic N) is 1. The first-order valence-electron chi connectivity index (χ1n) is 8.62. The number of piperidine rings is 1. The quantitative estimate of drug-likeness (QED) is 0.785. The fraction of sp³-hybridized carbons (Fsp3) is 0.579. The summed E-state index contributed by atoms with van der Waals surface area (Å²) in [6.07, 6.45) is -3.25. The number of para-hydroxylation sites is 1. The average Bonchev–Trinajstić information content (AvgIpc) is 2.58. The predicted molar refractivity (Wildman–Crippen MR) is 93.7 cm³/mol. The fourth-order valence-corrected chi connectivity index (χ4v) is 2.68. The van der Waals surface area contributed by atoms with Gasteiger partial charge >= 0.3 is 6.18 Å². The Morgan fingerprint density at radius 2 is 1.80 bits per heavy atom. The van der Waals surface area contributed by atoms with Crippen LogP contribution in [0.1, 0.15) is 39.2 Å². The second kappa shape index (κ2) is 9.25. The van der Waals surface area contributed by atoms with E-state index in [-0.39, 0.29) is 12.4 Å². The van der Waals surface area contributed by atoms with E-state index < -0.39 is 17.3 Å². The smallest absolute Gasteiger partial charge is 0.419 e. The normalized spacial score (nSPS) is 17.4. The number of aliphatic hydroxyl groups is 1. The van der Waals surface area contributed by atoms with Gasteiger partial charge in [-0.3, -0.25) is 4.90 Å². The lowest BCUT2D eigenvalue weighted by atomic mass is 9.86. The maximum atomic E-state index is 12.9. The summed E-state index contributed by atoms with van der Waals surface area (Å²) >= 11 is 0. The van der Waals surface area contributed by atoms with E-state index >= 15 is 0 Å². The van der Waals surface area contributed by atoms with Crippen molar-refractivity contribution in [1.82, 2.24) is 4.90 Å². The van der Waals surface area contributed by atoms with Gasteiger partial charge in [0, 0.05) is 19.6 Å². The van der Waals surface area contributed by atoms with Gasteiger partial charge in [-0.05, 0) is 37.5 Å². The van der Waals surface area contributed by atoms with Gasteiger partial charge in [-0.2, -0.15) is 13.2 Å². The van der Waals surface area contributed by atoms with Gasteiger partial charge in [-0.15, -0.1) is 0 Å². The third-order valence-electron chi connectivity index (χ3n) is 4.34. The first kappa shape index (κ1) is 21.5. The number of hydrogen-bond acceptors (Lipinski definition) is 3. The second-order valence-electron chi connectivity index (χ2n) is 6.00. The summed E-state index contributed by atoms with van der Waals surface area (Å²) in [5.41, 5.74) is -0.817. The number of benzene rings is 1. The molecule has 1 saturated heterocycles. The molecule has 0 amide bonds. The monoisotopic (exact) mass is 359 g/mol. The molecule has 1 heterocycles. The van der Waals surface area contributed by atoms with Crippen molar-refractivity contribution in [3.8, 4) is 5.75 Å². The molecule has 3 nitrogen and oxygen atoms in total. The highest BCUT2D eigenvalue weighted by Gasteiger charge is 2.34. The molecule has 142 valence electrons. The Labute approximate surface area is 148 Å². The van der Waals surface area contributed by atoms with E-state index in [2.05, 4.69) is 11.5 Å². The van der Waals surface area contributed by atoms with Crippen molar-refractivity contribution in [3.63, 3.8) is 0 Å². The van der Waals surface area contributed by atoms with E-state index in [4.69, 9.17) is 4.74 Å². The molecule has 6 heteroatoms. The molecule has 0 unspecified atom stereocenters. The molecule has 0 radical (unpaired) electrons. The van der Waals surface area contributed by atoms with Crippen molar-refractivity contribution >= 4 is 0 Å². The van der Waals surface area contributed by atoms with Crippen molar-refractivity contribution in [2.45, 2.75) is 45.4 Å². The Kier molecular flexibility index (Phi) is 7.96. The first-order chi connectivity index (χ1) is 11.7. The van der Waals surface area contributed by atoms with Crippen LogP contribution in [0.3, 0.4) is 0 Å². The molecule has 0 bridgehead atoms. The summed E-state index contributed by atoms with van der Waals surface area (Å²) in [4.78, 5) is 2.08. The zero-order valence-electron chi connectivity index (χ0n) is 15.2. The van der Waals surface area contributed by atoms with Crippen molar-refractivity contribution in [1.29, 1.82) is 0 Å². The molecular weight excluding hydrogens is 331 g/mol. The Morgan fingerprint density at radius 1 is 1.24 bits per heavy atom. The van der Waals surface area contributed by atoms with Crippen LogP contribution < -0.4 is 4.74 Å². The molecule has 1 aliphatic heterocycles. The van der Waals surface area contributed by atoms with Crippen LogP contribution in [0, 0.1) is 0 Å². The highest BCUT2D eigenvalue weighted by Crippen LogP contribution is 2.36. The molecule has 0 aliphatic carbocycles. The van der Waals surface area contributed by atoms with E-state index in [0.29, 0.717) is 32.5 Å². The van der Waals surface area contributed by atoms with Gasteiger partial charge in [0.1, 0.15) is 12.4 Å². The van der Waals surface area contributed by atoms with Gasteiger partial charge in [0.25, 0.3) is 0 Å². The number of alkyl halides is 3.